The summed E-state index contributed by atoms with van der Waals surface area (Å²) < 4.78 is 0. The fourth-order valence-corrected chi connectivity index (χ4v) is 1.89. The molecule has 0 bridgehead atoms. The molecule has 3 heteroatoms. The third-order valence-corrected chi connectivity index (χ3v) is 2.76. The van der Waals surface area contributed by atoms with E-state index in [0.717, 1.165) is 12.6 Å². The zero-order valence-corrected chi connectivity index (χ0v) is 9.68. The number of rotatable bonds is 7. The highest BCUT2D eigenvalue weighted by Gasteiger charge is 2.12. The molecule has 0 aliphatic carbocycles. The maximum absolute atomic E-state index is 3.52. The van der Waals surface area contributed by atoms with E-state index in [1.54, 1.807) is 0 Å². The van der Waals surface area contributed by atoms with E-state index in [0.29, 0.717) is 0 Å². The van der Waals surface area contributed by atoms with E-state index in [2.05, 4.69) is 29.6 Å². The lowest BCUT2D eigenvalue weighted by molar-refractivity contribution is 0.390. The molecule has 0 radical (unpaired) electrons. The van der Waals surface area contributed by atoms with Crippen LogP contribution in [-0.4, -0.2) is 51.2 Å². The van der Waals surface area contributed by atoms with E-state index in [4.69, 9.17) is 0 Å². The van der Waals surface area contributed by atoms with E-state index < -0.39 is 0 Å². The second kappa shape index (κ2) is 7.21. The van der Waals surface area contributed by atoms with Crippen LogP contribution in [0.25, 0.3) is 0 Å². The molecule has 84 valence electrons. The Labute approximate surface area is 88.2 Å². The summed E-state index contributed by atoms with van der Waals surface area (Å²) in [5.41, 5.74) is 0. The van der Waals surface area contributed by atoms with Gasteiger partial charge >= 0.3 is 0 Å². The van der Waals surface area contributed by atoms with Crippen molar-refractivity contribution < 1.29 is 0 Å². The third-order valence-electron chi connectivity index (χ3n) is 2.76. The molecule has 2 N–H and O–H groups in total. The van der Waals surface area contributed by atoms with Crippen molar-refractivity contribution in [3.63, 3.8) is 0 Å². The lowest BCUT2D eigenvalue weighted by atomic mass is 10.2. The van der Waals surface area contributed by atoms with Gasteiger partial charge in [0.1, 0.15) is 0 Å². The van der Waals surface area contributed by atoms with E-state index in [1.807, 2.05) is 0 Å². The minimum atomic E-state index is 0.740. The van der Waals surface area contributed by atoms with Crippen LogP contribution in [0.15, 0.2) is 0 Å². The molecule has 0 aromatic rings. The molecule has 3 nitrogen and oxygen atoms in total. The number of nitrogens with one attached hydrogen (secondary N) is 2. The van der Waals surface area contributed by atoms with Crippen LogP contribution in [0, 0.1) is 0 Å². The lowest BCUT2D eigenvalue weighted by Gasteiger charge is -2.12. The van der Waals surface area contributed by atoms with Crippen molar-refractivity contribution >= 4 is 0 Å². The Balaban J connectivity index is 1.79. The van der Waals surface area contributed by atoms with Crippen molar-refractivity contribution in [3.05, 3.63) is 0 Å². The Morgan fingerprint density at radius 1 is 1.36 bits per heavy atom. The third kappa shape index (κ3) is 5.58. The van der Waals surface area contributed by atoms with Crippen LogP contribution in [0.5, 0.6) is 0 Å². The van der Waals surface area contributed by atoms with Crippen molar-refractivity contribution in [2.24, 2.45) is 0 Å². The summed E-state index contributed by atoms with van der Waals surface area (Å²) >= 11 is 0. The fraction of sp³-hybridized carbons (Fsp3) is 1.00. The number of nitrogens with zero attached hydrogens (tertiary/aromatic N) is 1. The smallest absolute Gasteiger partial charge is 0.0192 e. The van der Waals surface area contributed by atoms with Crippen LogP contribution >= 0.6 is 0 Å². The van der Waals surface area contributed by atoms with Crippen LogP contribution < -0.4 is 10.6 Å². The van der Waals surface area contributed by atoms with Gasteiger partial charge in [-0.1, -0.05) is 0 Å². The maximum atomic E-state index is 3.52. The molecule has 1 rings (SSSR count). The molecular formula is C11H25N3. The summed E-state index contributed by atoms with van der Waals surface area (Å²) in [5.74, 6) is 0. The molecule has 1 heterocycles. The molecule has 1 unspecified atom stereocenters. The van der Waals surface area contributed by atoms with Crippen LogP contribution in [-0.2, 0) is 0 Å². The van der Waals surface area contributed by atoms with Gasteiger partial charge in [-0.05, 0) is 59.4 Å². The van der Waals surface area contributed by atoms with E-state index in [9.17, 15) is 0 Å². The second-order valence-corrected chi connectivity index (χ2v) is 4.51. The van der Waals surface area contributed by atoms with Gasteiger partial charge in [0.25, 0.3) is 0 Å². The first-order chi connectivity index (χ1) is 6.79. The normalized spacial score (nSPS) is 22.1. The molecule has 0 spiro atoms. The first-order valence-electron chi connectivity index (χ1n) is 5.88. The summed E-state index contributed by atoms with van der Waals surface area (Å²) in [6.45, 7) is 4.75. The quantitative estimate of drug-likeness (QED) is 0.590. The minimum absolute atomic E-state index is 0.740. The molecule has 0 saturated carbocycles. The van der Waals surface area contributed by atoms with E-state index in [1.165, 1.54) is 45.3 Å². The lowest BCUT2D eigenvalue weighted by Crippen LogP contribution is -2.34. The Hall–Kier alpha value is -0.120. The zero-order valence-electron chi connectivity index (χ0n) is 9.68. The predicted octanol–water partition coefficient (Wildman–Crippen LogP) is 0.670. The predicted molar refractivity (Wildman–Crippen MR) is 61.7 cm³/mol. The summed E-state index contributed by atoms with van der Waals surface area (Å²) in [7, 11) is 4.27. The molecule has 0 aromatic carbocycles. The van der Waals surface area contributed by atoms with Gasteiger partial charge in [-0.3, -0.25) is 0 Å². The monoisotopic (exact) mass is 199 g/mol. The number of unbranched alkanes of at least 4 members (excludes halogenated alkanes) is 1. The molecule has 1 aliphatic rings. The fourth-order valence-electron chi connectivity index (χ4n) is 1.89. The summed E-state index contributed by atoms with van der Waals surface area (Å²) in [4.78, 5) is 2.25. The standard InChI is InChI=1S/C11H25N3/c1-14(2)9-4-3-7-12-10-11-6-5-8-13-11/h11-13H,3-10H2,1-2H3. The van der Waals surface area contributed by atoms with Gasteiger partial charge < -0.3 is 15.5 Å². The van der Waals surface area contributed by atoms with Crippen LogP contribution in [0.2, 0.25) is 0 Å². The van der Waals surface area contributed by atoms with Gasteiger partial charge in [-0.25, -0.2) is 0 Å². The minimum Gasteiger partial charge on any atom is -0.315 e. The Bertz CT molecular complexity index is 130. The molecule has 1 aliphatic heterocycles. The molecule has 1 atom stereocenters. The van der Waals surface area contributed by atoms with Gasteiger partial charge in [-0.15, -0.1) is 0 Å². The maximum Gasteiger partial charge on any atom is 0.0192 e. The number of hydrogen-bond acceptors (Lipinski definition) is 3. The highest BCUT2D eigenvalue weighted by atomic mass is 15.0. The van der Waals surface area contributed by atoms with Crippen molar-refractivity contribution in [3.8, 4) is 0 Å². The van der Waals surface area contributed by atoms with Crippen molar-refractivity contribution in [2.75, 3.05) is 40.3 Å². The van der Waals surface area contributed by atoms with Crippen molar-refractivity contribution in [2.45, 2.75) is 31.7 Å². The highest BCUT2D eigenvalue weighted by molar-refractivity contribution is 4.75. The van der Waals surface area contributed by atoms with Crippen molar-refractivity contribution in [1.29, 1.82) is 0 Å². The summed E-state index contributed by atoms with van der Waals surface area (Å²) in [6.07, 6.45) is 5.31. The SMILES string of the molecule is CN(C)CCCCNCC1CCCN1. The summed E-state index contributed by atoms with van der Waals surface area (Å²) in [5, 5.41) is 7.02. The first kappa shape index (κ1) is 12.0. The van der Waals surface area contributed by atoms with E-state index >= 15 is 0 Å². The average Bonchev–Trinajstić information content (AvgIpc) is 2.63. The molecular weight excluding hydrogens is 174 g/mol. The average molecular weight is 199 g/mol. The molecule has 0 amide bonds. The topological polar surface area (TPSA) is 27.3 Å². The van der Waals surface area contributed by atoms with E-state index in [-0.39, 0.29) is 0 Å². The molecule has 14 heavy (non-hydrogen) atoms. The Kier molecular flexibility index (Phi) is 6.15. The zero-order chi connectivity index (χ0) is 10.2. The van der Waals surface area contributed by atoms with Gasteiger partial charge in [0.05, 0.1) is 0 Å². The molecule has 1 fully saturated rings. The van der Waals surface area contributed by atoms with Crippen LogP contribution in [0.3, 0.4) is 0 Å². The first-order valence-corrected chi connectivity index (χ1v) is 5.88. The molecule has 0 aromatic heterocycles. The van der Waals surface area contributed by atoms with Crippen LogP contribution in [0.4, 0.5) is 0 Å². The number of hydrogen-bond donors (Lipinski definition) is 2. The summed E-state index contributed by atoms with van der Waals surface area (Å²) in [6, 6.07) is 0.740. The second-order valence-electron chi connectivity index (χ2n) is 4.51. The van der Waals surface area contributed by atoms with Gasteiger partial charge in [-0.2, -0.15) is 0 Å². The van der Waals surface area contributed by atoms with Gasteiger partial charge in [0.15, 0.2) is 0 Å². The van der Waals surface area contributed by atoms with Gasteiger partial charge in [0, 0.05) is 12.6 Å². The largest absolute Gasteiger partial charge is 0.315 e. The molecule has 1 saturated heterocycles. The highest BCUT2D eigenvalue weighted by Crippen LogP contribution is 2.02. The van der Waals surface area contributed by atoms with Gasteiger partial charge in [0.2, 0.25) is 0 Å². The van der Waals surface area contributed by atoms with Crippen LogP contribution in [0.1, 0.15) is 25.7 Å². The Morgan fingerprint density at radius 3 is 2.86 bits per heavy atom. The van der Waals surface area contributed by atoms with Crippen molar-refractivity contribution in [1.82, 2.24) is 15.5 Å². The Morgan fingerprint density at radius 2 is 2.21 bits per heavy atom.